The first kappa shape index (κ1) is 15.9. The molecule has 6 heteroatoms. The van der Waals surface area contributed by atoms with Crippen LogP contribution < -0.4 is 5.73 Å². The molecule has 124 valence electrons. The van der Waals surface area contributed by atoms with Gasteiger partial charge >= 0.3 is 0 Å². The van der Waals surface area contributed by atoms with Gasteiger partial charge in [0.05, 0.1) is 18.3 Å². The summed E-state index contributed by atoms with van der Waals surface area (Å²) >= 11 is 0. The van der Waals surface area contributed by atoms with Gasteiger partial charge in [0.15, 0.2) is 0 Å². The molecule has 23 heavy (non-hydrogen) atoms. The van der Waals surface area contributed by atoms with Gasteiger partial charge in [-0.25, -0.2) is 0 Å². The average molecular weight is 316 g/mol. The number of pyridine rings is 1. The van der Waals surface area contributed by atoms with Crippen LogP contribution in [0.1, 0.15) is 37.4 Å². The first-order chi connectivity index (χ1) is 11.1. The van der Waals surface area contributed by atoms with E-state index < -0.39 is 0 Å². The summed E-state index contributed by atoms with van der Waals surface area (Å²) in [5, 5.41) is 0. The van der Waals surface area contributed by atoms with Gasteiger partial charge in [-0.15, -0.1) is 0 Å². The van der Waals surface area contributed by atoms with Crippen LogP contribution in [0, 0.1) is 5.92 Å². The largest absolute Gasteiger partial charge is 0.369 e. The van der Waals surface area contributed by atoms with Crippen LogP contribution in [0.15, 0.2) is 24.4 Å². The van der Waals surface area contributed by atoms with Gasteiger partial charge in [0, 0.05) is 18.7 Å². The van der Waals surface area contributed by atoms with E-state index in [4.69, 9.17) is 5.73 Å². The molecule has 3 heterocycles. The van der Waals surface area contributed by atoms with E-state index in [1.807, 2.05) is 28.0 Å². The lowest BCUT2D eigenvalue weighted by Gasteiger charge is -2.34. The average Bonchev–Trinajstić information content (AvgIpc) is 3.05. The molecule has 0 bridgehead atoms. The van der Waals surface area contributed by atoms with Crippen molar-refractivity contribution in [3.63, 3.8) is 0 Å². The summed E-state index contributed by atoms with van der Waals surface area (Å²) in [5.74, 6) is 0.00449. The molecule has 2 amide bonds. The Hall–Kier alpha value is -1.95. The normalized spacial score (nSPS) is 23.1. The molecule has 0 spiro atoms. The Bertz CT molecular complexity index is 555. The number of aromatic nitrogens is 1. The highest BCUT2D eigenvalue weighted by Crippen LogP contribution is 2.33. The maximum Gasteiger partial charge on any atom is 0.231 e. The number of hydrogen-bond donors (Lipinski definition) is 1. The number of piperidine rings is 1. The molecule has 2 N–H and O–H groups in total. The number of rotatable bonds is 4. The van der Waals surface area contributed by atoms with E-state index >= 15 is 0 Å². The van der Waals surface area contributed by atoms with E-state index in [1.54, 1.807) is 6.20 Å². The molecule has 0 saturated carbocycles. The second kappa shape index (κ2) is 7.08. The molecule has 2 saturated heterocycles. The third-order valence-electron chi connectivity index (χ3n) is 4.88. The lowest BCUT2D eigenvalue weighted by molar-refractivity contribution is -0.138. The fraction of sp³-hybridized carbons (Fsp3) is 0.588. The molecule has 0 aliphatic carbocycles. The van der Waals surface area contributed by atoms with Crippen molar-refractivity contribution >= 4 is 11.8 Å². The summed E-state index contributed by atoms with van der Waals surface area (Å²) in [6.07, 6.45) is 5.42. The molecule has 2 aliphatic rings. The summed E-state index contributed by atoms with van der Waals surface area (Å²) in [7, 11) is 0. The van der Waals surface area contributed by atoms with Crippen molar-refractivity contribution in [1.29, 1.82) is 0 Å². The van der Waals surface area contributed by atoms with E-state index in [2.05, 4.69) is 4.98 Å². The summed E-state index contributed by atoms with van der Waals surface area (Å²) in [5.41, 5.74) is 6.23. The number of carbonyl (C=O) groups excluding carboxylic acids is 2. The topological polar surface area (TPSA) is 79.5 Å². The second-order valence-electron chi connectivity index (χ2n) is 6.46. The lowest BCUT2D eigenvalue weighted by Crippen LogP contribution is -2.44. The number of nitrogens with zero attached hydrogens (tertiary/aromatic N) is 3. The highest BCUT2D eigenvalue weighted by molar-refractivity contribution is 5.80. The van der Waals surface area contributed by atoms with Crippen molar-refractivity contribution in [3.8, 4) is 0 Å². The number of nitrogens with two attached hydrogens (primary N) is 1. The second-order valence-corrected chi connectivity index (χ2v) is 6.46. The fourth-order valence-electron chi connectivity index (χ4n) is 3.70. The van der Waals surface area contributed by atoms with Crippen LogP contribution in [0.2, 0.25) is 0 Å². The van der Waals surface area contributed by atoms with Crippen molar-refractivity contribution in [2.45, 2.75) is 31.7 Å². The Balaban J connectivity index is 1.61. The molecule has 3 rings (SSSR count). The Morgan fingerprint density at radius 3 is 2.61 bits per heavy atom. The number of carbonyl (C=O) groups is 2. The van der Waals surface area contributed by atoms with Crippen LogP contribution in [-0.2, 0) is 9.59 Å². The minimum Gasteiger partial charge on any atom is -0.369 e. The van der Waals surface area contributed by atoms with Crippen molar-refractivity contribution in [3.05, 3.63) is 30.1 Å². The molecule has 1 unspecified atom stereocenters. The standard InChI is InChI=1S/C17H24N4O2/c18-16(22)12-20-10-6-13(7-11-20)17(23)21-9-3-5-15(21)14-4-1-2-8-19-14/h1-2,4,8,13,15H,3,5-7,9-12H2,(H2,18,22). The van der Waals surface area contributed by atoms with Crippen molar-refractivity contribution in [2.24, 2.45) is 11.7 Å². The van der Waals surface area contributed by atoms with Crippen LogP contribution in [0.3, 0.4) is 0 Å². The Kier molecular flexibility index (Phi) is 4.91. The molecule has 0 radical (unpaired) electrons. The summed E-state index contributed by atoms with van der Waals surface area (Å²) < 4.78 is 0. The van der Waals surface area contributed by atoms with E-state index in [0.717, 1.165) is 51.0 Å². The van der Waals surface area contributed by atoms with Crippen LogP contribution in [0.5, 0.6) is 0 Å². The smallest absolute Gasteiger partial charge is 0.231 e. The Morgan fingerprint density at radius 1 is 1.17 bits per heavy atom. The number of amides is 2. The fourth-order valence-corrected chi connectivity index (χ4v) is 3.70. The number of likely N-dealkylation sites (tertiary alicyclic amines) is 2. The molecule has 6 nitrogen and oxygen atoms in total. The number of hydrogen-bond acceptors (Lipinski definition) is 4. The van der Waals surface area contributed by atoms with Gasteiger partial charge in [0.25, 0.3) is 0 Å². The molecular weight excluding hydrogens is 292 g/mol. The monoisotopic (exact) mass is 316 g/mol. The highest BCUT2D eigenvalue weighted by Gasteiger charge is 2.35. The van der Waals surface area contributed by atoms with Gasteiger partial charge in [0.2, 0.25) is 11.8 Å². The maximum absolute atomic E-state index is 12.9. The SMILES string of the molecule is NC(=O)CN1CCC(C(=O)N2CCCC2c2ccccn2)CC1. The predicted octanol–water partition coefficient (Wildman–Crippen LogP) is 0.942. The Labute approximate surface area is 136 Å². The third kappa shape index (κ3) is 3.69. The van der Waals surface area contributed by atoms with E-state index in [9.17, 15) is 9.59 Å². The van der Waals surface area contributed by atoms with Gasteiger partial charge in [0.1, 0.15) is 0 Å². The molecule has 2 fully saturated rings. The quantitative estimate of drug-likeness (QED) is 0.896. The zero-order valence-corrected chi connectivity index (χ0v) is 13.4. The van der Waals surface area contributed by atoms with Gasteiger partial charge < -0.3 is 10.6 Å². The van der Waals surface area contributed by atoms with Crippen LogP contribution in [0.4, 0.5) is 0 Å². The van der Waals surface area contributed by atoms with E-state index in [1.165, 1.54) is 0 Å². The van der Waals surface area contributed by atoms with Crippen molar-refractivity contribution < 1.29 is 9.59 Å². The maximum atomic E-state index is 12.9. The Morgan fingerprint density at radius 2 is 1.96 bits per heavy atom. The van der Waals surface area contributed by atoms with Crippen LogP contribution in [0.25, 0.3) is 0 Å². The van der Waals surface area contributed by atoms with Crippen molar-refractivity contribution in [1.82, 2.24) is 14.8 Å². The van der Waals surface area contributed by atoms with Gasteiger partial charge in [-0.1, -0.05) is 6.07 Å². The number of primary amides is 1. The van der Waals surface area contributed by atoms with Gasteiger partial charge in [-0.3, -0.25) is 19.5 Å². The van der Waals surface area contributed by atoms with Crippen molar-refractivity contribution in [2.75, 3.05) is 26.2 Å². The highest BCUT2D eigenvalue weighted by atomic mass is 16.2. The summed E-state index contributed by atoms with van der Waals surface area (Å²) in [6.45, 7) is 2.64. The van der Waals surface area contributed by atoms with E-state index in [0.29, 0.717) is 6.54 Å². The lowest BCUT2D eigenvalue weighted by atomic mass is 9.94. The van der Waals surface area contributed by atoms with E-state index in [-0.39, 0.29) is 23.8 Å². The third-order valence-corrected chi connectivity index (χ3v) is 4.88. The summed E-state index contributed by atoms with van der Waals surface area (Å²) in [6, 6.07) is 6.00. The van der Waals surface area contributed by atoms with Crippen LogP contribution in [-0.4, -0.2) is 52.8 Å². The summed E-state index contributed by atoms with van der Waals surface area (Å²) in [4.78, 5) is 32.4. The molecule has 1 atom stereocenters. The zero-order valence-electron chi connectivity index (χ0n) is 13.4. The first-order valence-corrected chi connectivity index (χ1v) is 8.37. The molecule has 1 aromatic rings. The molecule has 1 aromatic heterocycles. The minimum absolute atomic E-state index is 0.0587. The molecule has 0 aromatic carbocycles. The molecule has 2 aliphatic heterocycles. The van der Waals surface area contributed by atoms with Gasteiger partial charge in [-0.2, -0.15) is 0 Å². The minimum atomic E-state index is -0.301. The van der Waals surface area contributed by atoms with Gasteiger partial charge in [-0.05, 0) is 50.9 Å². The first-order valence-electron chi connectivity index (χ1n) is 8.37. The predicted molar refractivity (Wildman–Crippen MR) is 86.3 cm³/mol. The van der Waals surface area contributed by atoms with Crippen LogP contribution >= 0.6 is 0 Å². The molecular formula is C17H24N4O2. The zero-order chi connectivity index (χ0) is 16.2.